The second-order valence-corrected chi connectivity index (χ2v) is 6.05. The maximum atomic E-state index is 5.41. The number of rotatable bonds is 6. The van der Waals surface area contributed by atoms with E-state index in [9.17, 15) is 0 Å². The fourth-order valence-electron chi connectivity index (χ4n) is 2.78. The molecular weight excluding hydrogens is 330 g/mol. The third kappa shape index (κ3) is 3.39. The van der Waals surface area contributed by atoms with Crippen molar-refractivity contribution in [3.05, 3.63) is 59.7 Å². The van der Waals surface area contributed by atoms with Gasteiger partial charge in [0.25, 0.3) is 0 Å². The zero-order chi connectivity index (χ0) is 17.9. The van der Waals surface area contributed by atoms with Gasteiger partial charge in [-0.05, 0) is 12.0 Å². The summed E-state index contributed by atoms with van der Waals surface area (Å²) in [6.45, 7) is 2.17. The number of benzene rings is 1. The van der Waals surface area contributed by atoms with E-state index in [1.54, 1.807) is 17.8 Å². The SMILES string of the molecule is Cc1nnc(CNc2nc(CCc3ccccc3)nc3c2cnn3C)o1. The number of hydrogen-bond acceptors (Lipinski definition) is 7. The molecule has 4 aromatic rings. The topological polar surface area (TPSA) is 94.5 Å². The summed E-state index contributed by atoms with van der Waals surface area (Å²) in [5.74, 6) is 2.56. The Morgan fingerprint density at radius 3 is 2.69 bits per heavy atom. The van der Waals surface area contributed by atoms with Crippen LogP contribution in [0, 0.1) is 6.92 Å². The van der Waals surface area contributed by atoms with Crippen LogP contribution in [0.5, 0.6) is 0 Å². The van der Waals surface area contributed by atoms with E-state index < -0.39 is 0 Å². The molecule has 0 aliphatic heterocycles. The highest BCUT2D eigenvalue weighted by Gasteiger charge is 2.13. The van der Waals surface area contributed by atoms with Crippen molar-refractivity contribution >= 4 is 16.9 Å². The van der Waals surface area contributed by atoms with Gasteiger partial charge >= 0.3 is 0 Å². The number of nitrogens with one attached hydrogen (secondary N) is 1. The molecule has 0 radical (unpaired) electrons. The van der Waals surface area contributed by atoms with Gasteiger partial charge in [-0.3, -0.25) is 4.68 Å². The summed E-state index contributed by atoms with van der Waals surface area (Å²) in [7, 11) is 1.88. The Labute approximate surface area is 150 Å². The molecule has 1 aromatic carbocycles. The Balaban J connectivity index is 1.58. The first-order chi connectivity index (χ1) is 12.7. The van der Waals surface area contributed by atoms with Crippen LogP contribution in [0.1, 0.15) is 23.2 Å². The third-order valence-electron chi connectivity index (χ3n) is 4.09. The van der Waals surface area contributed by atoms with E-state index >= 15 is 0 Å². The molecule has 8 heteroatoms. The third-order valence-corrected chi connectivity index (χ3v) is 4.09. The Bertz CT molecular complexity index is 1020. The molecule has 8 nitrogen and oxygen atoms in total. The summed E-state index contributed by atoms with van der Waals surface area (Å²) in [6, 6.07) is 10.3. The maximum absolute atomic E-state index is 5.41. The van der Waals surface area contributed by atoms with Crippen molar-refractivity contribution in [3.8, 4) is 0 Å². The van der Waals surface area contributed by atoms with Gasteiger partial charge in [-0.25, -0.2) is 9.97 Å². The molecule has 0 fully saturated rings. The molecule has 1 N–H and O–H groups in total. The van der Waals surface area contributed by atoms with E-state index in [2.05, 4.69) is 42.7 Å². The van der Waals surface area contributed by atoms with Crippen molar-refractivity contribution in [2.24, 2.45) is 7.05 Å². The predicted molar refractivity (Wildman–Crippen MR) is 96.5 cm³/mol. The molecule has 3 heterocycles. The van der Waals surface area contributed by atoms with Crippen LogP contribution in [0.3, 0.4) is 0 Å². The van der Waals surface area contributed by atoms with Gasteiger partial charge in [-0.1, -0.05) is 30.3 Å². The van der Waals surface area contributed by atoms with Crippen LogP contribution in [-0.2, 0) is 26.4 Å². The second kappa shape index (κ2) is 6.91. The highest BCUT2D eigenvalue weighted by molar-refractivity contribution is 5.86. The van der Waals surface area contributed by atoms with Crippen LogP contribution >= 0.6 is 0 Å². The lowest BCUT2D eigenvalue weighted by atomic mass is 10.1. The number of aryl methyl sites for hydroxylation is 4. The van der Waals surface area contributed by atoms with E-state index in [4.69, 9.17) is 4.42 Å². The summed E-state index contributed by atoms with van der Waals surface area (Å²) >= 11 is 0. The number of nitrogens with zero attached hydrogens (tertiary/aromatic N) is 6. The van der Waals surface area contributed by atoms with E-state index in [1.807, 2.05) is 25.2 Å². The molecule has 0 unspecified atom stereocenters. The summed E-state index contributed by atoms with van der Waals surface area (Å²) in [6.07, 6.45) is 3.39. The molecule has 3 aromatic heterocycles. The summed E-state index contributed by atoms with van der Waals surface area (Å²) in [4.78, 5) is 9.35. The molecule has 0 amide bonds. The Morgan fingerprint density at radius 1 is 1.08 bits per heavy atom. The van der Waals surface area contributed by atoms with Gasteiger partial charge in [0.1, 0.15) is 11.6 Å². The van der Waals surface area contributed by atoms with Gasteiger partial charge in [0.05, 0.1) is 18.1 Å². The number of fused-ring (bicyclic) bond motifs is 1. The Kier molecular flexibility index (Phi) is 4.30. The van der Waals surface area contributed by atoms with Crippen molar-refractivity contribution in [3.63, 3.8) is 0 Å². The molecule has 0 aliphatic rings. The van der Waals surface area contributed by atoms with Crippen molar-refractivity contribution in [2.45, 2.75) is 26.3 Å². The minimum atomic E-state index is 0.403. The molecular formula is C18H19N7O. The molecule has 4 rings (SSSR count). The summed E-state index contributed by atoms with van der Waals surface area (Å²) in [5, 5.41) is 16.3. The number of anilines is 1. The van der Waals surface area contributed by atoms with Crippen LogP contribution in [0.15, 0.2) is 40.9 Å². The zero-order valence-corrected chi connectivity index (χ0v) is 14.7. The van der Waals surface area contributed by atoms with Gasteiger partial charge in [-0.2, -0.15) is 5.10 Å². The van der Waals surface area contributed by atoms with Gasteiger partial charge in [0.2, 0.25) is 11.8 Å². The van der Waals surface area contributed by atoms with Crippen molar-refractivity contribution in [2.75, 3.05) is 5.32 Å². The quantitative estimate of drug-likeness (QED) is 0.571. The first kappa shape index (κ1) is 16.2. The second-order valence-electron chi connectivity index (χ2n) is 6.05. The largest absolute Gasteiger partial charge is 0.424 e. The van der Waals surface area contributed by atoms with Gasteiger partial charge < -0.3 is 9.73 Å². The lowest BCUT2D eigenvalue weighted by Crippen LogP contribution is -2.07. The maximum Gasteiger partial charge on any atom is 0.235 e. The Hall–Kier alpha value is -3.29. The minimum absolute atomic E-state index is 0.403. The highest BCUT2D eigenvalue weighted by atomic mass is 16.4. The van der Waals surface area contributed by atoms with E-state index in [0.717, 1.165) is 35.5 Å². The smallest absolute Gasteiger partial charge is 0.235 e. The first-order valence-corrected chi connectivity index (χ1v) is 8.44. The fourth-order valence-corrected chi connectivity index (χ4v) is 2.78. The fraction of sp³-hybridized carbons (Fsp3) is 0.278. The lowest BCUT2D eigenvalue weighted by Gasteiger charge is -2.08. The van der Waals surface area contributed by atoms with Crippen LogP contribution in [-0.4, -0.2) is 29.9 Å². The van der Waals surface area contributed by atoms with E-state index in [0.29, 0.717) is 18.3 Å². The van der Waals surface area contributed by atoms with Crippen LogP contribution in [0.25, 0.3) is 11.0 Å². The molecule has 0 saturated carbocycles. The molecule has 0 saturated heterocycles. The number of hydrogen-bond donors (Lipinski definition) is 1. The Morgan fingerprint density at radius 2 is 1.92 bits per heavy atom. The van der Waals surface area contributed by atoms with Crippen molar-refractivity contribution in [1.29, 1.82) is 0 Å². The van der Waals surface area contributed by atoms with Crippen LogP contribution in [0.4, 0.5) is 5.82 Å². The standard InChI is InChI=1S/C18H19N7O/c1-12-23-24-16(26-12)11-19-17-14-10-20-25(2)18(14)22-15(21-17)9-8-13-6-4-3-5-7-13/h3-7,10H,8-9,11H2,1-2H3,(H,19,21,22). The average Bonchev–Trinajstić information content (AvgIpc) is 3.25. The molecule has 0 aliphatic carbocycles. The monoisotopic (exact) mass is 349 g/mol. The summed E-state index contributed by atoms with van der Waals surface area (Å²) < 4.78 is 7.16. The predicted octanol–water partition coefficient (Wildman–Crippen LogP) is 2.45. The first-order valence-electron chi connectivity index (χ1n) is 8.44. The van der Waals surface area contributed by atoms with Gasteiger partial charge in [0, 0.05) is 20.4 Å². The van der Waals surface area contributed by atoms with E-state index in [1.165, 1.54) is 5.56 Å². The van der Waals surface area contributed by atoms with Crippen molar-refractivity contribution < 1.29 is 4.42 Å². The number of aromatic nitrogens is 6. The normalized spacial score (nSPS) is 11.2. The van der Waals surface area contributed by atoms with E-state index in [-0.39, 0.29) is 0 Å². The van der Waals surface area contributed by atoms with Crippen LogP contribution in [0.2, 0.25) is 0 Å². The summed E-state index contributed by atoms with van der Waals surface area (Å²) in [5.41, 5.74) is 2.06. The lowest BCUT2D eigenvalue weighted by molar-refractivity contribution is 0.474. The molecule has 0 bridgehead atoms. The van der Waals surface area contributed by atoms with Crippen molar-refractivity contribution in [1.82, 2.24) is 29.9 Å². The molecule has 0 spiro atoms. The average molecular weight is 349 g/mol. The van der Waals surface area contributed by atoms with Crippen LogP contribution < -0.4 is 5.32 Å². The molecule has 132 valence electrons. The molecule has 0 atom stereocenters. The minimum Gasteiger partial charge on any atom is -0.424 e. The highest BCUT2D eigenvalue weighted by Crippen LogP contribution is 2.21. The zero-order valence-electron chi connectivity index (χ0n) is 14.7. The van der Waals surface area contributed by atoms with Gasteiger partial charge in [-0.15, -0.1) is 10.2 Å². The van der Waals surface area contributed by atoms with Gasteiger partial charge in [0.15, 0.2) is 5.65 Å². The molecule has 26 heavy (non-hydrogen) atoms.